The third-order valence-electron chi connectivity index (χ3n) is 2.30. The first-order valence-corrected chi connectivity index (χ1v) is 7.31. The number of hydrogen-bond donors (Lipinski definition) is 1. The van der Waals surface area contributed by atoms with Crippen LogP contribution in [0.5, 0.6) is 5.88 Å². The lowest BCUT2D eigenvalue weighted by atomic mass is 10.5. The average molecular weight is 315 g/mol. The van der Waals surface area contributed by atoms with Crippen LogP contribution < -0.4 is 9.46 Å². The summed E-state index contributed by atoms with van der Waals surface area (Å²) < 4.78 is 31.7. The second kappa shape index (κ2) is 5.59. The van der Waals surface area contributed by atoms with Crippen molar-refractivity contribution in [3.05, 3.63) is 35.4 Å². The molecule has 0 aliphatic carbocycles. The van der Waals surface area contributed by atoms with Gasteiger partial charge in [0.2, 0.25) is 5.82 Å². The van der Waals surface area contributed by atoms with Gasteiger partial charge in [-0.1, -0.05) is 11.6 Å². The Morgan fingerprint density at radius 1 is 1.35 bits per heavy atom. The van der Waals surface area contributed by atoms with Crippen molar-refractivity contribution >= 4 is 27.4 Å². The van der Waals surface area contributed by atoms with Crippen molar-refractivity contribution < 1.29 is 13.2 Å². The summed E-state index contributed by atoms with van der Waals surface area (Å²) in [5.74, 6) is 0.0617. The smallest absolute Gasteiger partial charge is 0.266 e. The van der Waals surface area contributed by atoms with Crippen molar-refractivity contribution in [2.24, 2.45) is 0 Å². The van der Waals surface area contributed by atoms with Crippen LogP contribution >= 0.6 is 11.6 Å². The summed E-state index contributed by atoms with van der Waals surface area (Å²) >= 11 is 5.78. The van der Waals surface area contributed by atoms with E-state index in [4.69, 9.17) is 16.3 Å². The maximum absolute atomic E-state index is 12.2. The molecule has 0 saturated carbocycles. The number of anilines is 1. The minimum Gasteiger partial charge on any atom is -0.478 e. The third-order valence-corrected chi connectivity index (χ3v) is 4.08. The third kappa shape index (κ3) is 2.97. The van der Waals surface area contributed by atoms with Crippen LogP contribution in [0.1, 0.15) is 5.69 Å². The first kappa shape index (κ1) is 14.5. The van der Waals surface area contributed by atoms with Gasteiger partial charge in [-0.25, -0.2) is 23.4 Å². The van der Waals surface area contributed by atoms with E-state index in [9.17, 15) is 8.42 Å². The molecular weight excluding hydrogens is 304 g/mol. The van der Waals surface area contributed by atoms with Crippen molar-refractivity contribution in [1.82, 2.24) is 15.0 Å². The number of methoxy groups -OCH3 is 1. The molecule has 2 heterocycles. The highest BCUT2D eigenvalue weighted by molar-refractivity contribution is 7.92. The van der Waals surface area contributed by atoms with E-state index in [0.717, 1.165) is 0 Å². The minimum atomic E-state index is -3.92. The summed E-state index contributed by atoms with van der Waals surface area (Å²) in [4.78, 5) is 11.6. The van der Waals surface area contributed by atoms with Crippen LogP contribution in [-0.4, -0.2) is 30.5 Å². The zero-order valence-corrected chi connectivity index (χ0v) is 12.2. The van der Waals surface area contributed by atoms with Crippen molar-refractivity contribution in [2.45, 2.75) is 11.8 Å². The van der Waals surface area contributed by atoms with Gasteiger partial charge in [-0.2, -0.15) is 0 Å². The van der Waals surface area contributed by atoms with E-state index in [1.807, 2.05) is 0 Å². The second-order valence-corrected chi connectivity index (χ2v) is 5.78. The Morgan fingerprint density at radius 2 is 2.10 bits per heavy atom. The van der Waals surface area contributed by atoms with Crippen LogP contribution in [0.15, 0.2) is 29.4 Å². The van der Waals surface area contributed by atoms with Crippen LogP contribution in [0.4, 0.5) is 5.82 Å². The Morgan fingerprint density at radius 3 is 2.75 bits per heavy atom. The molecule has 2 aromatic heterocycles. The summed E-state index contributed by atoms with van der Waals surface area (Å²) in [6, 6.07) is 2.81. The zero-order chi connectivity index (χ0) is 14.8. The van der Waals surface area contributed by atoms with Crippen molar-refractivity contribution in [3.8, 4) is 5.88 Å². The van der Waals surface area contributed by atoms with Crippen molar-refractivity contribution in [3.63, 3.8) is 0 Å². The number of hydrogen-bond acceptors (Lipinski definition) is 6. The highest BCUT2D eigenvalue weighted by Crippen LogP contribution is 2.24. The molecule has 106 valence electrons. The van der Waals surface area contributed by atoms with Gasteiger partial charge in [0, 0.05) is 6.20 Å². The summed E-state index contributed by atoms with van der Waals surface area (Å²) in [5.41, 5.74) is 0.601. The molecular formula is C11H11ClN4O3S. The van der Waals surface area contributed by atoms with Gasteiger partial charge in [0.25, 0.3) is 15.9 Å². The molecule has 0 aliphatic heterocycles. The van der Waals surface area contributed by atoms with E-state index in [0.29, 0.717) is 5.69 Å². The number of sulfonamides is 1. The van der Waals surface area contributed by atoms with Gasteiger partial charge in [0.15, 0.2) is 0 Å². The van der Waals surface area contributed by atoms with Crippen LogP contribution in [-0.2, 0) is 10.0 Å². The summed E-state index contributed by atoms with van der Waals surface area (Å²) in [5, 5.41) is -0.126. The fourth-order valence-corrected chi connectivity index (χ4v) is 2.88. The molecule has 0 aliphatic rings. The molecule has 1 N–H and O–H groups in total. The van der Waals surface area contributed by atoms with Gasteiger partial charge in [-0.3, -0.25) is 4.72 Å². The van der Waals surface area contributed by atoms with Gasteiger partial charge in [-0.05, 0) is 19.1 Å². The summed E-state index contributed by atoms with van der Waals surface area (Å²) in [6.07, 6.45) is 2.82. The van der Waals surface area contributed by atoms with Gasteiger partial charge >= 0.3 is 0 Å². The van der Waals surface area contributed by atoms with Crippen LogP contribution in [0.2, 0.25) is 5.15 Å². The molecule has 0 atom stereocenters. The van der Waals surface area contributed by atoms with Gasteiger partial charge in [0.05, 0.1) is 19.0 Å². The molecule has 0 bridgehead atoms. The highest BCUT2D eigenvalue weighted by atomic mass is 35.5. The molecule has 0 radical (unpaired) electrons. The largest absolute Gasteiger partial charge is 0.478 e. The van der Waals surface area contributed by atoms with Crippen molar-refractivity contribution in [1.29, 1.82) is 0 Å². The van der Waals surface area contributed by atoms with E-state index in [-0.39, 0.29) is 21.7 Å². The quantitative estimate of drug-likeness (QED) is 0.862. The number of nitrogens with zero attached hydrogens (tertiary/aromatic N) is 3. The minimum absolute atomic E-state index is 0.0157. The Bertz CT molecular complexity index is 736. The molecule has 0 fully saturated rings. The number of nitrogens with one attached hydrogen (secondary N) is 1. The number of aryl methyl sites for hydroxylation is 1. The number of pyridine rings is 1. The van der Waals surface area contributed by atoms with Crippen molar-refractivity contribution in [2.75, 3.05) is 11.8 Å². The average Bonchev–Trinajstić information content (AvgIpc) is 2.41. The molecule has 0 aromatic carbocycles. The molecule has 9 heteroatoms. The molecule has 2 rings (SSSR count). The molecule has 20 heavy (non-hydrogen) atoms. The van der Waals surface area contributed by atoms with Crippen LogP contribution in [0, 0.1) is 6.92 Å². The lowest BCUT2D eigenvalue weighted by Gasteiger charge is -2.10. The molecule has 2 aromatic rings. The molecule has 0 amide bonds. The molecule has 0 unspecified atom stereocenters. The predicted octanol–water partition coefficient (Wildman–Crippen LogP) is 1.64. The monoisotopic (exact) mass is 314 g/mol. The Labute approximate surface area is 121 Å². The van der Waals surface area contributed by atoms with Crippen LogP contribution in [0.25, 0.3) is 0 Å². The number of halogens is 1. The number of aromatic nitrogens is 3. The van der Waals surface area contributed by atoms with E-state index in [2.05, 4.69) is 19.7 Å². The van der Waals surface area contributed by atoms with Crippen LogP contribution in [0.3, 0.4) is 0 Å². The first-order valence-electron chi connectivity index (χ1n) is 5.45. The first-order chi connectivity index (χ1) is 9.44. The van der Waals surface area contributed by atoms with E-state index in [1.54, 1.807) is 6.92 Å². The Balaban J connectivity index is 2.41. The predicted molar refractivity (Wildman–Crippen MR) is 73.4 cm³/mol. The fourth-order valence-electron chi connectivity index (χ4n) is 1.42. The standard InChI is InChI=1S/C11H11ClN4O3S/c1-7-6-14-10(11(15-7)19-2)16-20(17,18)8-4-3-5-13-9(8)12/h3-6H,1-2H3,(H,14,16). The van der Waals surface area contributed by atoms with Gasteiger partial charge < -0.3 is 4.74 Å². The summed E-state index contributed by atoms with van der Waals surface area (Å²) in [7, 11) is -2.54. The second-order valence-electron chi connectivity index (χ2n) is 3.77. The van der Waals surface area contributed by atoms with E-state index >= 15 is 0 Å². The van der Waals surface area contributed by atoms with E-state index in [1.165, 1.54) is 31.6 Å². The maximum Gasteiger partial charge on any atom is 0.266 e. The Kier molecular flexibility index (Phi) is 4.05. The fraction of sp³-hybridized carbons (Fsp3) is 0.182. The molecule has 0 saturated heterocycles. The van der Waals surface area contributed by atoms with Gasteiger partial charge in [0.1, 0.15) is 10.0 Å². The number of rotatable bonds is 4. The van der Waals surface area contributed by atoms with Gasteiger partial charge in [-0.15, -0.1) is 0 Å². The molecule has 7 nitrogen and oxygen atoms in total. The number of ether oxygens (including phenoxy) is 1. The zero-order valence-electron chi connectivity index (χ0n) is 10.7. The Hall–Kier alpha value is -1.93. The maximum atomic E-state index is 12.2. The van der Waals surface area contributed by atoms with E-state index < -0.39 is 10.0 Å². The SMILES string of the molecule is COc1nc(C)cnc1NS(=O)(=O)c1cccnc1Cl. The normalized spacial score (nSPS) is 11.2. The highest BCUT2D eigenvalue weighted by Gasteiger charge is 2.21. The lowest BCUT2D eigenvalue weighted by Crippen LogP contribution is -2.16. The lowest BCUT2D eigenvalue weighted by molar-refractivity contribution is 0.397. The molecule has 0 spiro atoms. The summed E-state index contributed by atoms with van der Waals surface area (Å²) in [6.45, 7) is 1.71. The topological polar surface area (TPSA) is 94.1 Å².